The number of sulfone groups is 1. The van der Waals surface area contributed by atoms with E-state index in [1.165, 1.54) is 24.3 Å². The topological polar surface area (TPSA) is 143 Å². The molecule has 0 saturated carbocycles. The number of aromatic hydroxyl groups is 1. The third-order valence-electron chi connectivity index (χ3n) is 5.01. The average Bonchev–Trinajstić information content (AvgIpc) is 2.78. The van der Waals surface area contributed by atoms with Crippen molar-refractivity contribution in [3.05, 3.63) is 83.2 Å². The van der Waals surface area contributed by atoms with Gasteiger partial charge in [-0.15, -0.1) is 24.8 Å². The molecule has 3 aromatic rings. The maximum Gasteiger partial charge on any atom is 0.252 e. The lowest BCUT2D eigenvalue weighted by atomic mass is 10.1. The summed E-state index contributed by atoms with van der Waals surface area (Å²) in [7, 11) is -4.04. The van der Waals surface area contributed by atoms with Crippen LogP contribution < -0.4 is 11.1 Å². The van der Waals surface area contributed by atoms with Crippen LogP contribution in [0.4, 0.5) is 0 Å². The van der Waals surface area contributed by atoms with Gasteiger partial charge in [-0.3, -0.25) is 9.78 Å². The number of carbonyl (C=O) groups excluding carboxylic acids is 1. The van der Waals surface area contributed by atoms with E-state index >= 15 is 0 Å². The number of nitrogens with one attached hydrogen (secondary N) is 1. The molecule has 0 radical (unpaired) electrons. The summed E-state index contributed by atoms with van der Waals surface area (Å²) in [6, 6.07) is 12.5. The molecule has 0 aliphatic heterocycles. The van der Waals surface area contributed by atoms with Crippen LogP contribution in [-0.4, -0.2) is 42.6 Å². The van der Waals surface area contributed by atoms with Crippen LogP contribution >= 0.6 is 24.8 Å². The Morgan fingerprint density at radius 2 is 1.82 bits per heavy atom. The van der Waals surface area contributed by atoms with Crippen molar-refractivity contribution < 1.29 is 23.4 Å². The zero-order valence-electron chi connectivity index (χ0n) is 18.3. The third kappa shape index (κ3) is 6.91. The van der Waals surface area contributed by atoms with Gasteiger partial charge in [0.15, 0.2) is 0 Å². The number of nitrogens with zero attached hydrogens (tertiary/aromatic N) is 1. The summed E-state index contributed by atoms with van der Waals surface area (Å²) in [4.78, 5) is 15.1. The van der Waals surface area contributed by atoms with Gasteiger partial charge in [-0.2, -0.15) is 0 Å². The monoisotopic (exact) mass is 527 g/mol. The molecule has 5 N–H and O–H groups in total. The fraction of sp³-hybridized carbons (Fsp3) is 0.217. The Balaban J connectivity index is 0.00000289. The summed E-state index contributed by atoms with van der Waals surface area (Å²) < 4.78 is 26.0. The number of amides is 1. The minimum absolute atomic E-state index is 0. The summed E-state index contributed by atoms with van der Waals surface area (Å²) in [5, 5.41) is 23.6. The number of aryl methyl sites for hydroxylation is 1. The van der Waals surface area contributed by atoms with Crippen molar-refractivity contribution in [2.45, 2.75) is 29.2 Å². The zero-order valence-corrected chi connectivity index (χ0v) is 20.8. The molecular weight excluding hydrogens is 501 g/mol. The molecule has 1 atom stereocenters. The van der Waals surface area contributed by atoms with Gasteiger partial charge < -0.3 is 21.3 Å². The van der Waals surface area contributed by atoms with Crippen molar-refractivity contribution in [3.63, 3.8) is 0 Å². The second kappa shape index (κ2) is 12.7. The summed E-state index contributed by atoms with van der Waals surface area (Å²) in [5.74, 6) is -1.55. The highest BCUT2D eigenvalue weighted by Gasteiger charge is 2.25. The van der Waals surface area contributed by atoms with Gasteiger partial charge in [0.25, 0.3) is 5.91 Å². The Hall–Kier alpha value is -2.69. The number of phenols is 1. The quantitative estimate of drug-likeness (QED) is 0.313. The van der Waals surface area contributed by atoms with Crippen molar-refractivity contribution >= 4 is 40.6 Å². The average molecular weight is 528 g/mol. The van der Waals surface area contributed by atoms with Crippen LogP contribution in [0.1, 0.15) is 33.2 Å². The van der Waals surface area contributed by atoms with E-state index in [9.17, 15) is 23.4 Å². The number of halogens is 2. The fourth-order valence-corrected chi connectivity index (χ4v) is 4.72. The van der Waals surface area contributed by atoms with E-state index in [0.29, 0.717) is 25.1 Å². The highest BCUT2D eigenvalue weighted by molar-refractivity contribution is 7.91. The van der Waals surface area contributed by atoms with E-state index in [0.717, 1.165) is 11.1 Å². The van der Waals surface area contributed by atoms with Gasteiger partial charge >= 0.3 is 0 Å². The number of carbonyl (C=O) groups is 1. The lowest BCUT2D eigenvalue weighted by molar-refractivity contribution is 0.0997. The molecule has 1 heterocycles. The summed E-state index contributed by atoms with van der Waals surface area (Å²) in [5.41, 5.74) is 7.13. The van der Waals surface area contributed by atoms with E-state index in [1.54, 1.807) is 43.6 Å². The molecule has 1 amide bonds. The number of hydrogen-bond acceptors (Lipinski definition) is 7. The maximum absolute atomic E-state index is 13.0. The van der Waals surface area contributed by atoms with E-state index in [2.05, 4.69) is 10.3 Å². The van der Waals surface area contributed by atoms with Crippen molar-refractivity contribution in [3.8, 4) is 5.75 Å². The number of aliphatic hydroxyl groups is 1. The molecule has 0 aliphatic carbocycles. The molecule has 2 aromatic carbocycles. The van der Waals surface area contributed by atoms with E-state index in [-0.39, 0.29) is 40.2 Å². The molecule has 3 rings (SSSR count). The first kappa shape index (κ1) is 29.3. The molecule has 0 unspecified atom stereocenters. The summed E-state index contributed by atoms with van der Waals surface area (Å²) in [6.07, 6.45) is 3.22. The summed E-state index contributed by atoms with van der Waals surface area (Å²) in [6.45, 7) is 2.57. The van der Waals surface area contributed by atoms with Crippen LogP contribution in [0.25, 0.3) is 0 Å². The van der Waals surface area contributed by atoms with Gasteiger partial charge in [-0.25, -0.2) is 8.42 Å². The minimum atomic E-state index is -4.04. The lowest BCUT2D eigenvalue weighted by Crippen LogP contribution is -2.23. The maximum atomic E-state index is 13.0. The molecule has 8 nitrogen and oxygen atoms in total. The van der Waals surface area contributed by atoms with E-state index in [1.807, 2.05) is 0 Å². The van der Waals surface area contributed by atoms with Crippen LogP contribution in [0.5, 0.6) is 5.75 Å². The Morgan fingerprint density at radius 1 is 1.15 bits per heavy atom. The van der Waals surface area contributed by atoms with Crippen LogP contribution in [0.15, 0.2) is 70.7 Å². The van der Waals surface area contributed by atoms with Crippen LogP contribution in [0, 0.1) is 6.92 Å². The molecular formula is C23H27Cl2N3O5S. The number of aliphatic hydroxyl groups excluding tert-OH is 1. The first-order valence-corrected chi connectivity index (χ1v) is 11.4. The number of benzene rings is 2. The molecule has 184 valence electrons. The van der Waals surface area contributed by atoms with Crippen LogP contribution in [-0.2, 0) is 16.3 Å². The van der Waals surface area contributed by atoms with Crippen molar-refractivity contribution in [1.29, 1.82) is 0 Å². The molecule has 1 aromatic heterocycles. The van der Waals surface area contributed by atoms with Crippen LogP contribution in [0.3, 0.4) is 0 Å². The lowest BCUT2D eigenvalue weighted by Gasteiger charge is -2.12. The largest absolute Gasteiger partial charge is 0.506 e. The molecule has 11 heteroatoms. The van der Waals surface area contributed by atoms with Crippen molar-refractivity contribution in [2.24, 2.45) is 5.73 Å². The Kier molecular flexibility index (Phi) is 10.9. The van der Waals surface area contributed by atoms with E-state index in [4.69, 9.17) is 5.73 Å². The molecule has 0 saturated heterocycles. The highest BCUT2D eigenvalue weighted by Crippen LogP contribution is 2.32. The van der Waals surface area contributed by atoms with Crippen molar-refractivity contribution in [2.75, 3.05) is 13.1 Å². The number of aromatic nitrogens is 1. The van der Waals surface area contributed by atoms with Crippen LogP contribution in [0.2, 0.25) is 0 Å². The number of rotatable bonds is 9. The normalized spacial score (nSPS) is 11.7. The van der Waals surface area contributed by atoms with Gasteiger partial charge in [0.1, 0.15) is 10.6 Å². The second-order valence-electron chi connectivity index (χ2n) is 7.43. The third-order valence-corrected chi connectivity index (χ3v) is 6.79. The SMILES string of the molecule is Cc1cc(C(N)=O)c(O)c(S(=O)(=O)c2ccc(CCNC[C@H](O)c3cccnc3)cc2)c1.Cl.Cl. The van der Waals surface area contributed by atoms with Gasteiger partial charge in [0.2, 0.25) is 9.84 Å². The predicted molar refractivity (Wildman–Crippen MR) is 134 cm³/mol. The molecule has 0 spiro atoms. The molecule has 0 fully saturated rings. The first-order chi connectivity index (χ1) is 15.2. The first-order valence-electron chi connectivity index (χ1n) is 9.96. The van der Waals surface area contributed by atoms with E-state index < -0.39 is 27.6 Å². The Labute approximate surface area is 211 Å². The van der Waals surface area contributed by atoms with Crippen molar-refractivity contribution in [1.82, 2.24) is 10.3 Å². The number of pyridine rings is 1. The number of primary amides is 1. The van der Waals surface area contributed by atoms with Gasteiger partial charge in [0, 0.05) is 24.5 Å². The van der Waals surface area contributed by atoms with Gasteiger partial charge in [0.05, 0.1) is 16.6 Å². The molecule has 0 aliphatic rings. The Morgan fingerprint density at radius 3 is 2.41 bits per heavy atom. The summed E-state index contributed by atoms with van der Waals surface area (Å²) >= 11 is 0. The van der Waals surface area contributed by atoms with Gasteiger partial charge in [-0.1, -0.05) is 18.2 Å². The fourth-order valence-electron chi connectivity index (χ4n) is 3.26. The second-order valence-corrected chi connectivity index (χ2v) is 9.35. The van der Waals surface area contributed by atoms with Gasteiger partial charge in [-0.05, 0) is 61.3 Å². The standard InChI is InChI=1S/C23H25N3O5S.2ClH/c1-15-11-19(23(24)29)22(28)21(12-15)32(30,31)18-6-4-16(5-7-18)8-10-26-14-20(27)17-3-2-9-25-13-17;;/h2-7,9,11-13,20,26-28H,8,10,14H2,1H3,(H2,24,29);2*1H/t20-;;/m0../s1. The molecule has 0 bridgehead atoms. The minimum Gasteiger partial charge on any atom is -0.506 e. The predicted octanol–water partition coefficient (Wildman–Crippen LogP) is 2.74. The number of hydrogen-bond donors (Lipinski definition) is 4. The smallest absolute Gasteiger partial charge is 0.252 e. The molecule has 34 heavy (non-hydrogen) atoms. The highest BCUT2D eigenvalue weighted by atomic mass is 35.5. The number of nitrogens with two attached hydrogens (primary N) is 1. The zero-order chi connectivity index (χ0) is 23.3. The Bertz CT molecular complexity index is 1210.